The summed E-state index contributed by atoms with van der Waals surface area (Å²) in [5.41, 5.74) is 1.15. The zero-order valence-corrected chi connectivity index (χ0v) is 10.8. The fourth-order valence-electron chi connectivity index (χ4n) is 1.62. The molecule has 1 heterocycles. The maximum Gasteiger partial charge on any atom is 0.129 e. The fourth-order valence-corrected chi connectivity index (χ4v) is 1.80. The van der Waals surface area contributed by atoms with Gasteiger partial charge >= 0.3 is 0 Å². The Kier molecular flexibility index (Phi) is 5.74. The van der Waals surface area contributed by atoms with Crippen LogP contribution in [0.1, 0.15) is 31.9 Å². The van der Waals surface area contributed by atoms with E-state index >= 15 is 0 Å². The molecule has 0 aliphatic rings. The largest absolute Gasteiger partial charge is 0.383 e. The minimum absolute atomic E-state index is 0.251. The van der Waals surface area contributed by atoms with E-state index in [1.807, 2.05) is 12.1 Å². The van der Waals surface area contributed by atoms with Gasteiger partial charge in [-0.25, -0.2) is 4.98 Å². The van der Waals surface area contributed by atoms with E-state index in [1.54, 1.807) is 13.3 Å². The van der Waals surface area contributed by atoms with Crippen molar-refractivity contribution in [3.05, 3.63) is 29.0 Å². The number of halogens is 1. The molecule has 0 aliphatic heterocycles. The number of nitrogens with zero attached hydrogens (tertiary/aromatic N) is 1. The molecule has 2 unspecified atom stereocenters. The van der Waals surface area contributed by atoms with E-state index in [2.05, 4.69) is 24.1 Å². The first-order chi connectivity index (χ1) is 7.67. The van der Waals surface area contributed by atoms with Crippen LogP contribution in [0.5, 0.6) is 0 Å². The van der Waals surface area contributed by atoms with E-state index in [-0.39, 0.29) is 6.04 Å². The van der Waals surface area contributed by atoms with E-state index in [1.165, 1.54) is 0 Å². The maximum atomic E-state index is 5.86. The second-order valence-electron chi connectivity index (χ2n) is 3.86. The molecule has 4 heteroatoms. The number of ether oxygens (including phenoxy) is 1. The molecule has 2 atom stereocenters. The summed E-state index contributed by atoms with van der Waals surface area (Å²) < 4.78 is 5.15. The van der Waals surface area contributed by atoms with Crippen molar-refractivity contribution in [1.29, 1.82) is 0 Å². The van der Waals surface area contributed by atoms with Crippen LogP contribution in [0.25, 0.3) is 0 Å². The molecule has 0 bridgehead atoms. The van der Waals surface area contributed by atoms with Crippen molar-refractivity contribution in [3.63, 3.8) is 0 Å². The third-order valence-corrected chi connectivity index (χ3v) is 2.80. The molecule has 1 N–H and O–H groups in total. The van der Waals surface area contributed by atoms with E-state index in [4.69, 9.17) is 16.3 Å². The number of pyridine rings is 1. The van der Waals surface area contributed by atoms with Crippen molar-refractivity contribution < 1.29 is 4.74 Å². The topological polar surface area (TPSA) is 34.1 Å². The lowest BCUT2D eigenvalue weighted by Crippen LogP contribution is -2.34. The lowest BCUT2D eigenvalue weighted by Gasteiger charge is -2.21. The highest BCUT2D eigenvalue weighted by Gasteiger charge is 2.11. The van der Waals surface area contributed by atoms with Crippen LogP contribution in [0.3, 0.4) is 0 Å². The molecule has 3 nitrogen and oxygen atoms in total. The van der Waals surface area contributed by atoms with Crippen molar-refractivity contribution in [2.45, 2.75) is 32.4 Å². The smallest absolute Gasteiger partial charge is 0.129 e. The quantitative estimate of drug-likeness (QED) is 0.779. The van der Waals surface area contributed by atoms with Gasteiger partial charge in [-0.1, -0.05) is 18.5 Å². The highest BCUT2D eigenvalue weighted by atomic mass is 35.5. The Hall–Kier alpha value is -0.640. The standard InChI is InChI=1S/C12H19ClN2O/c1-4-11(8-16-3)15-9(2)10-5-6-14-12(13)7-10/h5-7,9,11,15H,4,8H2,1-3H3. The van der Waals surface area contributed by atoms with Crippen molar-refractivity contribution in [2.24, 2.45) is 0 Å². The predicted octanol–water partition coefficient (Wildman–Crippen LogP) is 2.81. The van der Waals surface area contributed by atoms with Crippen molar-refractivity contribution >= 4 is 11.6 Å². The van der Waals surface area contributed by atoms with Crippen LogP contribution in [0, 0.1) is 0 Å². The van der Waals surface area contributed by atoms with Gasteiger partial charge in [0.05, 0.1) is 6.61 Å². The van der Waals surface area contributed by atoms with Gasteiger partial charge in [0.15, 0.2) is 0 Å². The third kappa shape index (κ3) is 4.08. The second kappa shape index (κ2) is 6.84. The normalized spacial score (nSPS) is 14.8. The lowest BCUT2D eigenvalue weighted by molar-refractivity contribution is 0.159. The van der Waals surface area contributed by atoms with Crippen LogP contribution in [-0.4, -0.2) is 24.7 Å². The van der Waals surface area contributed by atoms with Crippen LogP contribution in [0.4, 0.5) is 0 Å². The molecule has 90 valence electrons. The molecule has 0 saturated carbocycles. The van der Waals surface area contributed by atoms with Crippen molar-refractivity contribution in [2.75, 3.05) is 13.7 Å². The van der Waals surface area contributed by atoms with E-state index in [0.717, 1.165) is 18.6 Å². The van der Waals surface area contributed by atoms with Gasteiger partial charge in [0.1, 0.15) is 5.15 Å². The van der Waals surface area contributed by atoms with Crippen LogP contribution >= 0.6 is 11.6 Å². The molecule has 1 aromatic heterocycles. The van der Waals surface area contributed by atoms with Crippen molar-refractivity contribution in [1.82, 2.24) is 10.3 Å². The highest BCUT2D eigenvalue weighted by molar-refractivity contribution is 6.29. The summed E-state index contributed by atoms with van der Waals surface area (Å²) in [6.07, 6.45) is 2.77. The Morgan fingerprint density at radius 3 is 2.88 bits per heavy atom. The average Bonchev–Trinajstić information content (AvgIpc) is 2.28. The Morgan fingerprint density at radius 2 is 2.31 bits per heavy atom. The molecular formula is C12H19ClN2O. The summed E-state index contributed by atoms with van der Waals surface area (Å²) in [5.74, 6) is 0. The Labute approximate surface area is 102 Å². The minimum atomic E-state index is 0.251. The zero-order chi connectivity index (χ0) is 12.0. The second-order valence-corrected chi connectivity index (χ2v) is 4.25. The number of hydrogen-bond donors (Lipinski definition) is 1. The summed E-state index contributed by atoms with van der Waals surface area (Å²) in [4.78, 5) is 3.97. The predicted molar refractivity (Wildman–Crippen MR) is 66.8 cm³/mol. The fraction of sp³-hybridized carbons (Fsp3) is 0.583. The Balaban J connectivity index is 2.60. The molecule has 0 fully saturated rings. The van der Waals surface area contributed by atoms with E-state index in [0.29, 0.717) is 11.2 Å². The van der Waals surface area contributed by atoms with Crippen LogP contribution in [0.2, 0.25) is 5.15 Å². The minimum Gasteiger partial charge on any atom is -0.383 e. The molecular weight excluding hydrogens is 224 g/mol. The number of rotatable bonds is 6. The van der Waals surface area contributed by atoms with Crippen LogP contribution in [0.15, 0.2) is 18.3 Å². The zero-order valence-electron chi connectivity index (χ0n) is 10.0. The molecule has 0 radical (unpaired) electrons. The number of methoxy groups -OCH3 is 1. The summed E-state index contributed by atoms with van der Waals surface area (Å²) in [5, 5.41) is 4.03. The van der Waals surface area contributed by atoms with Gasteiger partial charge in [0, 0.05) is 25.4 Å². The van der Waals surface area contributed by atoms with Crippen LogP contribution < -0.4 is 5.32 Å². The molecule has 0 saturated heterocycles. The Morgan fingerprint density at radius 1 is 1.56 bits per heavy atom. The summed E-state index contributed by atoms with van der Waals surface area (Å²) in [6.45, 7) is 4.98. The molecule has 0 spiro atoms. The van der Waals surface area contributed by atoms with Gasteiger partial charge in [-0.05, 0) is 31.0 Å². The van der Waals surface area contributed by atoms with Gasteiger partial charge < -0.3 is 10.1 Å². The van der Waals surface area contributed by atoms with Crippen molar-refractivity contribution in [3.8, 4) is 0 Å². The van der Waals surface area contributed by atoms with Crippen LogP contribution in [-0.2, 0) is 4.74 Å². The van der Waals surface area contributed by atoms with Gasteiger partial charge in [0.25, 0.3) is 0 Å². The number of aromatic nitrogens is 1. The summed E-state index contributed by atoms with van der Waals surface area (Å²) >= 11 is 5.86. The van der Waals surface area contributed by atoms with E-state index in [9.17, 15) is 0 Å². The van der Waals surface area contributed by atoms with Gasteiger partial charge in [-0.2, -0.15) is 0 Å². The first kappa shape index (κ1) is 13.4. The maximum absolute atomic E-state index is 5.86. The number of nitrogens with one attached hydrogen (secondary N) is 1. The van der Waals surface area contributed by atoms with Gasteiger partial charge in [-0.15, -0.1) is 0 Å². The molecule has 0 aromatic carbocycles. The average molecular weight is 243 g/mol. The molecule has 1 aromatic rings. The highest BCUT2D eigenvalue weighted by Crippen LogP contribution is 2.16. The monoisotopic (exact) mass is 242 g/mol. The van der Waals surface area contributed by atoms with E-state index < -0.39 is 0 Å². The third-order valence-electron chi connectivity index (χ3n) is 2.60. The van der Waals surface area contributed by atoms with Gasteiger partial charge in [-0.3, -0.25) is 0 Å². The molecule has 16 heavy (non-hydrogen) atoms. The summed E-state index contributed by atoms with van der Waals surface area (Å²) in [7, 11) is 1.72. The Bertz CT molecular complexity index is 320. The first-order valence-corrected chi connectivity index (χ1v) is 5.91. The molecule has 0 amide bonds. The first-order valence-electron chi connectivity index (χ1n) is 5.53. The molecule has 0 aliphatic carbocycles. The molecule has 1 rings (SSSR count). The van der Waals surface area contributed by atoms with Gasteiger partial charge in [0.2, 0.25) is 0 Å². The SMILES string of the molecule is CCC(COC)NC(C)c1ccnc(Cl)c1. The lowest BCUT2D eigenvalue weighted by atomic mass is 10.1. The number of hydrogen-bond acceptors (Lipinski definition) is 3. The summed E-state index contributed by atoms with van der Waals surface area (Å²) in [6, 6.07) is 4.48.